The smallest absolute Gasteiger partial charge is 0.0538 e. The molecule has 1 fully saturated rings. The van der Waals surface area contributed by atoms with Gasteiger partial charge in [-0.3, -0.25) is 0 Å². The van der Waals surface area contributed by atoms with Gasteiger partial charge in [0.1, 0.15) is 0 Å². The average Bonchev–Trinajstić information content (AvgIpc) is 2.96. The number of aromatic nitrogens is 2. The Hall–Kier alpha value is -1.09. The molecule has 0 radical (unpaired) electrons. The molecule has 15 heavy (non-hydrogen) atoms. The largest absolute Gasteiger partial charge is 0.307 e. The Balaban J connectivity index is 1.89. The van der Waals surface area contributed by atoms with Gasteiger partial charge in [0.15, 0.2) is 0 Å². The van der Waals surface area contributed by atoms with Gasteiger partial charge in [-0.1, -0.05) is 6.58 Å². The van der Waals surface area contributed by atoms with Gasteiger partial charge in [0.25, 0.3) is 0 Å². The molecule has 1 saturated carbocycles. The first-order chi connectivity index (χ1) is 7.12. The molecule has 1 heterocycles. The fourth-order valence-corrected chi connectivity index (χ4v) is 1.85. The summed E-state index contributed by atoms with van der Waals surface area (Å²) < 4.78 is 1.74. The molecule has 2 rings (SSSR count). The Labute approximate surface area is 91.2 Å². The Kier molecular flexibility index (Phi) is 2.65. The zero-order valence-corrected chi connectivity index (χ0v) is 9.53. The maximum atomic E-state index is 4.15. The van der Waals surface area contributed by atoms with Crippen molar-refractivity contribution in [3.63, 3.8) is 0 Å². The van der Waals surface area contributed by atoms with Crippen LogP contribution in [0.2, 0.25) is 0 Å². The number of rotatable bonds is 5. The lowest BCUT2D eigenvalue weighted by Gasteiger charge is -2.25. The summed E-state index contributed by atoms with van der Waals surface area (Å²) >= 11 is 0. The summed E-state index contributed by atoms with van der Waals surface area (Å²) in [5.41, 5.74) is 1.47. The summed E-state index contributed by atoms with van der Waals surface area (Å²) in [6.45, 7) is 9.12. The van der Waals surface area contributed by atoms with Crippen LogP contribution in [0, 0.1) is 5.92 Å². The third kappa shape index (κ3) is 2.48. The van der Waals surface area contributed by atoms with Crippen LogP contribution in [-0.4, -0.2) is 15.3 Å². The van der Waals surface area contributed by atoms with Gasteiger partial charge in [-0.2, -0.15) is 5.10 Å². The molecule has 1 aliphatic rings. The highest BCUT2D eigenvalue weighted by atomic mass is 15.2. The first-order valence-electron chi connectivity index (χ1n) is 5.52. The maximum absolute atomic E-state index is 4.15. The van der Waals surface area contributed by atoms with E-state index in [9.17, 15) is 0 Å². The van der Waals surface area contributed by atoms with Crippen molar-refractivity contribution < 1.29 is 0 Å². The van der Waals surface area contributed by atoms with Crippen molar-refractivity contribution >= 4 is 6.20 Å². The minimum atomic E-state index is 0.260. The van der Waals surface area contributed by atoms with Crippen molar-refractivity contribution in [1.82, 2.24) is 15.1 Å². The van der Waals surface area contributed by atoms with Gasteiger partial charge >= 0.3 is 0 Å². The summed E-state index contributed by atoms with van der Waals surface area (Å²) in [6, 6.07) is 0. The molecule has 1 aliphatic carbocycles. The summed E-state index contributed by atoms with van der Waals surface area (Å²) in [7, 11) is 0. The average molecular weight is 205 g/mol. The molecule has 0 saturated heterocycles. The van der Waals surface area contributed by atoms with Gasteiger partial charge < -0.3 is 5.32 Å². The van der Waals surface area contributed by atoms with Crippen molar-refractivity contribution in [3.8, 4) is 0 Å². The van der Waals surface area contributed by atoms with E-state index in [4.69, 9.17) is 0 Å². The van der Waals surface area contributed by atoms with Crippen LogP contribution in [0.4, 0.5) is 0 Å². The van der Waals surface area contributed by atoms with Crippen LogP contribution in [-0.2, 0) is 6.54 Å². The summed E-state index contributed by atoms with van der Waals surface area (Å²) in [6.07, 6.45) is 8.33. The summed E-state index contributed by atoms with van der Waals surface area (Å²) in [5, 5.41) is 7.74. The molecule has 3 nitrogen and oxygen atoms in total. The Morgan fingerprint density at radius 1 is 1.67 bits per heavy atom. The van der Waals surface area contributed by atoms with Crippen LogP contribution in [0.1, 0.15) is 32.3 Å². The number of nitrogens with one attached hydrogen (secondary N) is 1. The fraction of sp³-hybridized carbons (Fsp3) is 0.583. The van der Waals surface area contributed by atoms with Gasteiger partial charge in [-0.15, -0.1) is 0 Å². The van der Waals surface area contributed by atoms with Gasteiger partial charge in [-0.05, 0) is 32.6 Å². The second-order valence-corrected chi connectivity index (χ2v) is 4.86. The molecule has 3 heteroatoms. The highest BCUT2D eigenvalue weighted by molar-refractivity contribution is 5.17. The molecule has 0 bridgehead atoms. The lowest BCUT2D eigenvalue weighted by molar-refractivity contribution is 0.339. The molecule has 0 amide bonds. The molecule has 0 aromatic carbocycles. The van der Waals surface area contributed by atoms with Crippen molar-refractivity contribution in [2.75, 3.05) is 0 Å². The lowest BCUT2D eigenvalue weighted by Crippen LogP contribution is -2.40. The molecule has 0 aliphatic heterocycles. The van der Waals surface area contributed by atoms with E-state index >= 15 is 0 Å². The van der Waals surface area contributed by atoms with E-state index in [0.717, 1.165) is 12.5 Å². The molecular weight excluding hydrogens is 186 g/mol. The van der Waals surface area contributed by atoms with Gasteiger partial charge in [0.05, 0.1) is 6.20 Å². The molecule has 1 aromatic heterocycles. The van der Waals surface area contributed by atoms with Crippen LogP contribution in [0.5, 0.6) is 0 Å². The Morgan fingerprint density at radius 3 is 2.93 bits per heavy atom. The monoisotopic (exact) mass is 205 g/mol. The first kappa shape index (κ1) is 10.4. The van der Waals surface area contributed by atoms with E-state index in [0.29, 0.717) is 0 Å². The number of hydrogen-bond donors (Lipinski definition) is 1. The second-order valence-electron chi connectivity index (χ2n) is 4.86. The van der Waals surface area contributed by atoms with Gasteiger partial charge in [0.2, 0.25) is 0 Å². The van der Waals surface area contributed by atoms with Crippen molar-refractivity contribution in [2.45, 2.75) is 38.8 Å². The van der Waals surface area contributed by atoms with Crippen LogP contribution < -0.4 is 5.32 Å². The molecule has 0 spiro atoms. The first-order valence-corrected chi connectivity index (χ1v) is 5.52. The van der Waals surface area contributed by atoms with E-state index in [2.05, 4.69) is 30.8 Å². The molecule has 1 aromatic rings. The minimum absolute atomic E-state index is 0.260. The standard InChI is InChI=1S/C12H19N3/c1-4-15-9-10(8-14-15)7-13-12(2,3)11-5-6-11/h4,8-9,11,13H,1,5-7H2,2-3H3. The molecule has 1 N–H and O–H groups in total. The maximum Gasteiger partial charge on any atom is 0.0538 e. The SMILES string of the molecule is C=Cn1cc(CNC(C)(C)C2CC2)cn1. The molecule has 82 valence electrons. The second kappa shape index (κ2) is 3.81. The van der Waals surface area contributed by atoms with Crippen molar-refractivity contribution in [1.29, 1.82) is 0 Å². The molecule has 0 unspecified atom stereocenters. The van der Waals surface area contributed by atoms with E-state index in [1.54, 1.807) is 10.9 Å². The van der Waals surface area contributed by atoms with Crippen LogP contribution in [0.25, 0.3) is 6.20 Å². The normalized spacial score (nSPS) is 16.7. The van der Waals surface area contributed by atoms with E-state index < -0.39 is 0 Å². The summed E-state index contributed by atoms with van der Waals surface area (Å²) in [4.78, 5) is 0. The third-order valence-corrected chi connectivity index (χ3v) is 3.19. The lowest BCUT2D eigenvalue weighted by atomic mass is 9.98. The number of hydrogen-bond acceptors (Lipinski definition) is 2. The summed E-state index contributed by atoms with van der Waals surface area (Å²) in [5.74, 6) is 0.854. The topological polar surface area (TPSA) is 29.9 Å². The minimum Gasteiger partial charge on any atom is -0.307 e. The predicted molar refractivity (Wildman–Crippen MR) is 62.3 cm³/mol. The zero-order chi connectivity index (χ0) is 10.9. The third-order valence-electron chi connectivity index (χ3n) is 3.19. The van der Waals surface area contributed by atoms with Gasteiger partial charge in [0, 0.05) is 30.0 Å². The Morgan fingerprint density at radius 2 is 2.40 bits per heavy atom. The molecule has 0 atom stereocenters. The fourth-order valence-electron chi connectivity index (χ4n) is 1.85. The van der Waals surface area contributed by atoms with Crippen LogP contribution >= 0.6 is 0 Å². The predicted octanol–water partition coefficient (Wildman–Crippen LogP) is 2.26. The number of nitrogens with zero attached hydrogens (tertiary/aromatic N) is 2. The van der Waals surface area contributed by atoms with Crippen LogP contribution in [0.3, 0.4) is 0 Å². The van der Waals surface area contributed by atoms with E-state index in [1.165, 1.54) is 18.4 Å². The zero-order valence-electron chi connectivity index (χ0n) is 9.53. The van der Waals surface area contributed by atoms with Crippen LogP contribution in [0.15, 0.2) is 19.0 Å². The Bertz CT molecular complexity index is 348. The van der Waals surface area contributed by atoms with E-state index in [-0.39, 0.29) is 5.54 Å². The van der Waals surface area contributed by atoms with E-state index in [1.807, 2.05) is 12.4 Å². The van der Waals surface area contributed by atoms with Gasteiger partial charge in [-0.25, -0.2) is 4.68 Å². The quantitative estimate of drug-likeness (QED) is 0.799. The van der Waals surface area contributed by atoms with Crippen molar-refractivity contribution in [3.05, 3.63) is 24.5 Å². The highest BCUT2D eigenvalue weighted by Gasteiger charge is 2.37. The molecular formula is C12H19N3. The highest BCUT2D eigenvalue weighted by Crippen LogP contribution is 2.39. The van der Waals surface area contributed by atoms with Crippen molar-refractivity contribution in [2.24, 2.45) is 5.92 Å².